The number of rotatable bonds is 3. The minimum absolute atomic E-state index is 0.195. The molecule has 2 aromatic rings. The molecule has 1 heterocycles. The van der Waals surface area contributed by atoms with Crippen molar-refractivity contribution in [2.24, 2.45) is 4.99 Å². The fourth-order valence-corrected chi connectivity index (χ4v) is 2.04. The van der Waals surface area contributed by atoms with Crippen LogP contribution in [0.15, 0.2) is 47.6 Å². The smallest absolute Gasteiger partial charge is 0.435 e. The number of nitrogens with zero attached hydrogens (tertiary/aromatic N) is 2. The van der Waals surface area contributed by atoms with E-state index in [1.165, 1.54) is 16.7 Å². The van der Waals surface area contributed by atoms with Crippen molar-refractivity contribution < 1.29 is 22.7 Å². The van der Waals surface area contributed by atoms with Crippen LogP contribution >= 0.6 is 0 Å². The highest BCUT2D eigenvalue weighted by molar-refractivity contribution is 5.68. The van der Waals surface area contributed by atoms with E-state index in [0.717, 1.165) is 17.7 Å². The van der Waals surface area contributed by atoms with E-state index < -0.39 is 17.8 Å². The Morgan fingerprint density at radius 2 is 2.00 bits per heavy atom. The summed E-state index contributed by atoms with van der Waals surface area (Å²) in [6, 6.07) is 8.11. The van der Waals surface area contributed by atoms with Crippen LogP contribution in [0.4, 0.5) is 18.0 Å². The Morgan fingerprint density at radius 1 is 1.25 bits per heavy atom. The first-order chi connectivity index (χ1) is 11.3. The van der Waals surface area contributed by atoms with Crippen LogP contribution in [0.3, 0.4) is 0 Å². The van der Waals surface area contributed by atoms with Gasteiger partial charge in [-0.2, -0.15) is 18.2 Å². The lowest BCUT2D eigenvalue weighted by Gasteiger charge is -2.12. The maximum Gasteiger partial charge on any atom is 0.435 e. The third-order valence-corrected chi connectivity index (χ3v) is 3.16. The number of hydrogen-bond acceptors (Lipinski definition) is 2. The summed E-state index contributed by atoms with van der Waals surface area (Å²) in [4.78, 5) is 15.5. The predicted octanol–water partition coefficient (Wildman–Crippen LogP) is 4.25. The lowest BCUT2D eigenvalue weighted by molar-refractivity contribution is -0.137. The van der Waals surface area contributed by atoms with Crippen molar-refractivity contribution in [3.8, 4) is 5.69 Å². The molecule has 0 radical (unpaired) electrons. The molecule has 7 heteroatoms. The first kappa shape index (κ1) is 17.8. The Kier molecular flexibility index (Phi) is 5.43. The Hall–Kier alpha value is -2.57. The topological polar surface area (TPSA) is 43.6 Å². The van der Waals surface area contributed by atoms with Gasteiger partial charge in [-0.1, -0.05) is 19.1 Å². The van der Waals surface area contributed by atoms with Gasteiger partial charge in [0.05, 0.1) is 12.2 Å². The zero-order valence-electron chi connectivity index (χ0n) is 13.3. The molecule has 0 unspecified atom stereocenters. The van der Waals surface area contributed by atoms with Gasteiger partial charge in [-0.25, -0.2) is 4.79 Å². The van der Waals surface area contributed by atoms with Crippen LogP contribution in [0.2, 0.25) is 0 Å². The lowest BCUT2D eigenvalue weighted by atomic mass is 10.2. The van der Waals surface area contributed by atoms with Gasteiger partial charge < -0.3 is 9.30 Å². The van der Waals surface area contributed by atoms with E-state index in [2.05, 4.69) is 4.99 Å². The number of alkyl halides is 3. The standard InChI is InChI=1S/C17H17F3N2O2/c1-3-9-24-16(23)21-15-8-7-12(2)11-22(15)14-6-4-5-13(10-14)17(18,19)20/h4-8,10-11H,3,9H2,1-2H3. The average Bonchev–Trinajstić information content (AvgIpc) is 2.54. The van der Waals surface area contributed by atoms with Crippen molar-refractivity contribution in [2.75, 3.05) is 6.61 Å². The molecule has 1 amide bonds. The van der Waals surface area contributed by atoms with Crippen LogP contribution in [-0.4, -0.2) is 17.3 Å². The van der Waals surface area contributed by atoms with Crippen LogP contribution in [0, 0.1) is 6.92 Å². The average molecular weight is 338 g/mol. The van der Waals surface area contributed by atoms with Gasteiger partial charge >= 0.3 is 12.3 Å². The quantitative estimate of drug-likeness (QED) is 0.840. The molecule has 0 spiro atoms. The van der Waals surface area contributed by atoms with E-state index in [0.29, 0.717) is 6.42 Å². The second kappa shape index (κ2) is 7.33. The molecule has 0 aliphatic carbocycles. The van der Waals surface area contributed by atoms with Crippen molar-refractivity contribution in [3.63, 3.8) is 0 Å². The molecule has 0 saturated heterocycles. The van der Waals surface area contributed by atoms with Crippen molar-refractivity contribution in [2.45, 2.75) is 26.4 Å². The van der Waals surface area contributed by atoms with Gasteiger partial charge in [-0.05, 0) is 43.2 Å². The van der Waals surface area contributed by atoms with Gasteiger partial charge in [0.2, 0.25) is 0 Å². The largest absolute Gasteiger partial charge is 0.448 e. The Labute approximate surface area is 137 Å². The van der Waals surface area contributed by atoms with Crippen molar-refractivity contribution in [3.05, 3.63) is 59.2 Å². The summed E-state index contributed by atoms with van der Waals surface area (Å²) in [6.07, 6.45) is -2.96. The zero-order chi connectivity index (χ0) is 17.7. The molecule has 0 aliphatic heterocycles. The summed E-state index contributed by atoms with van der Waals surface area (Å²) in [7, 11) is 0. The summed E-state index contributed by atoms with van der Waals surface area (Å²) in [6.45, 7) is 3.88. The first-order valence-electron chi connectivity index (χ1n) is 7.39. The summed E-state index contributed by atoms with van der Waals surface area (Å²) < 4.78 is 45.0. The van der Waals surface area contributed by atoms with Crippen LogP contribution in [0.25, 0.3) is 5.69 Å². The molecular weight excluding hydrogens is 321 g/mol. The van der Waals surface area contributed by atoms with Gasteiger partial charge in [0.1, 0.15) is 5.49 Å². The van der Waals surface area contributed by atoms with Gasteiger partial charge in [-0.3, -0.25) is 0 Å². The third kappa shape index (κ3) is 4.47. The summed E-state index contributed by atoms with van der Waals surface area (Å²) in [5.74, 6) is 0. The van der Waals surface area contributed by atoms with Gasteiger partial charge in [0, 0.05) is 11.9 Å². The molecular formula is C17H17F3N2O2. The maximum atomic E-state index is 12.9. The molecule has 0 N–H and O–H groups in total. The summed E-state index contributed by atoms with van der Waals surface area (Å²) in [5.41, 5.74) is 0.499. The monoisotopic (exact) mass is 338 g/mol. The fraction of sp³-hybridized carbons (Fsp3) is 0.294. The Bertz CT molecular complexity index is 795. The molecule has 0 aliphatic rings. The number of hydrogen-bond donors (Lipinski definition) is 0. The number of aryl methyl sites for hydroxylation is 1. The molecule has 2 rings (SSSR count). The van der Waals surface area contributed by atoms with E-state index in [1.54, 1.807) is 25.3 Å². The van der Waals surface area contributed by atoms with E-state index in [-0.39, 0.29) is 17.8 Å². The highest BCUT2D eigenvalue weighted by Gasteiger charge is 2.30. The minimum atomic E-state index is -4.45. The Morgan fingerprint density at radius 3 is 2.67 bits per heavy atom. The van der Waals surface area contributed by atoms with E-state index >= 15 is 0 Å². The molecule has 24 heavy (non-hydrogen) atoms. The highest BCUT2D eigenvalue weighted by Crippen LogP contribution is 2.30. The molecule has 0 saturated carbocycles. The van der Waals surface area contributed by atoms with Crippen molar-refractivity contribution in [1.82, 2.24) is 4.57 Å². The number of carbonyl (C=O) groups is 1. The maximum absolute atomic E-state index is 12.9. The number of amides is 1. The van der Waals surface area contributed by atoms with Crippen LogP contribution in [-0.2, 0) is 10.9 Å². The number of aromatic nitrogens is 1. The van der Waals surface area contributed by atoms with Gasteiger partial charge in [0.15, 0.2) is 0 Å². The van der Waals surface area contributed by atoms with Crippen LogP contribution in [0.5, 0.6) is 0 Å². The second-order valence-corrected chi connectivity index (χ2v) is 5.21. The van der Waals surface area contributed by atoms with Gasteiger partial charge in [-0.15, -0.1) is 0 Å². The molecule has 1 aromatic heterocycles. The van der Waals surface area contributed by atoms with Crippen LogP contribution in [0.1, 0.15) is 24.5 Å². The number of carbonyl (C=O) groups excluding carboxylic acids is 1. The summed E-state index contributed by atoms with van der Waals surface area (Å²) in [5, 5.41) is 0. The van der Waals surface area contributed by atoms with Crippen molar-refractivity contribution >= 4 is 6.09 Å². The van der Waals surface area contributed by atoms with E-state index in [9.17, 15) is 18.0 Å². The highest BCUT2D eigenvalue weighted by atomic mass is 19.4. The van der Waals surface area contributed by atoms with E-state index in [4.69, 9.17) is 4.74 Å². The van der Waals surface area contributed by atoms with Gasteiger partial charge in [0.25, 0.3) is 0 Å². The number of ether oxygens (including phenoxy) is 1. The molecule has 4 nitrogen and oxygen atoms in total. The third-order valence-electron chi connectivity index (χ3n) is 3.16. The molecule has 1 aromatic carbocycles. The molecule has 0 fully saturated rings. The molecule has 0 atom stereocenters. The summed E-state index contributed by atoms with van der Waals surface area (Å²) >= 11 is 0. The number of benzene rings is 1. The SMILES string of the molecule is CCCOC(=O)N=c1ccc(C)cn1-c1cccc(C(F)(F)F)c1. The zero-order valence-corrected chi connectivity index (χ0v) is 13.3. The van der Waals surface area contributed by atoms with Crippen molar-refractivity contribution in [1.29, 1.82) is 0 Å². The fourth-order valence-electron chi connectivity index (χ4n) is 2.04. The van der Waals surface area contributed by atoms with E-state index in [1.807, 2.05) is 6.92 Å². The molecule has 128 valence electrons. The minimum Gasteiger partial charge on any atom is -0.448 e. The normalized spacial score (nSPS) is 12.3. The Balaban J connectivity index is 2.52. The predicted molar refractivity (Wildman–Crippen MR) is 82.7 cm³/mol. The number of pyridine rings is 1. The molecule has 0 bridgehead atoms. The second-order valence-electron chi connectivity index (χ2n) is 5.21. The first-order valence-corrected chi connectivity index (χ1v) is 7.39. The lowest BCUT2D eigenvalue weighted by Crippen LogP contribution is -2.21. The number of halogens is 3. The van der Waals surface area contributed by atoms with Crippen LogP contribution < -0.4 is 5.49 Å².